The minimum atomic E-state index is 0.0579. The van der Waals surface area contributed by atoms with Gasteiger partial charge >= 0.3 is 0 Å². The number of carbonyl (C=O) groups excluding carboxylic acids is 1. The molecule has 1 fully saturated rings. The molecule has 0 bridgehead atoms. The van der Waals surface area contributed by atoms with Gasteiger partial charge in [0.25, 0.3) is 0 Å². The summed E-state index contributed by atoms with van der Waals surface area (Å²) in [5.74, 6) is 0.0579. The molecule has 0 aliphatic heterocycles. The highest BCUT2D eigenvalue weighted by Gasteiger charge is 2.21. The van der Waals surface area contributed by atoms with E-state index in [4.69, 9.17) is 0 Å². The molecule has 1 rings (SSSR count). The Morgan fingerprint density at radius 2 is 2.10 bits per heavy atom. The van der Waals surface area contributed by atoms with Gasteiger partial charge in [0.05, 0.1) is 0 Å². The Balaban J connectivity index is 2.26. The molecule has 0 unspecified atom stereocenters. The van der Waals surface area contributed by atoms with Gasteiger partial charge < -0.3 is 5.32 Å². The molecule has 0 saturated heterocycles. The average Bonchev–Trinajstić information content (AvgIpc) is 2.46. The monoisotopic (exact) mass is 139 g/mol. The highest BCUT2D eigenvalue weighted by molar-refractivity contribution is 5.88. The summed E-state index contributed by atoms with van der Waals surface area (Å²) < 4.78 is 0. The van der Waals surface area contributed by atoms with Gasteiger partial charge in [0.15, 0.2) is 0 Å². The largest absolute Gasteiger partial charge is 0.350 e. The van der Waals surface area contributed by atoms with Gasteiger partial charge in [-0.15, -0.1) is 0 Å². The smallest absolute Gasteiger partial charge is 0.244 e. The minimum absolute atomic E-state index is 0.0579. The quantitative estimate of drug-likeness (QED) is 0.573. The van der Waals surface area contributed by atoms with Gasteiger partial charge in [0.2, 0.25) is 5.91 Å². The first-order chi connectivity index (χ1) is 4.68. The molecule has 0 atom stereocenters. The van der Waals surface area contributed by atoms with Crippen molar-refractivity contribution in [1.82, 2.24) is 5.32 Å². The second-order valence-electron chi connectivity index (χ2n) is 3.00. The van der Waals surface area contributed by atoms with Gasteiger partial charge in [0.1, 0.15) is 0 Å². The summed E-state index contributed by atoms with van der Waals surface area (Å²) in [5.41, 5.74) is 1.05. The number of carbonyl (C=O) groups is 1. The molecule has 1 N–H and O–H groups in total. The molecule has 1 aliphatic rings. The third-order valence-electron chi connectivity index (χ3n) is 1.34. The highest BCUT2D eigenvalue weighted by atomic mass is 16.1. The number of nitrogens with one attached hydrogen (secondary N) is 1. The fourth-order valence-electron chi connectivity index (χ4n) is 0.733. The van der Waals surface area contributed by atoms with Crippen molar-refractivity contribution in [3.63, 3.8) is 0 Å². The van der Waals surface area contributed by atoms with Crippen LogP contribution in [0.2, 0.25) is 0 Å². The van der Waals surface area contributed by atoms with Crippen LogP contribution in [0.3, 0.4) is 0 Å². The summed E-state index contributed by atoms with van der Waals surface area (Å²) in [5, 5.41) is 2.87. The van der Waals surface area contributed by atoms with E-state index in [0.717, 1.165) is 18.4 Å². The Hall–Kier alpha value is -0.790. The zero-order valence-electron chi connectivity index (χ0n) is 6.48. The Kier molecular flexibility index (Phi) is 2.10. The van der Waals surface area contributed by atoms with Gasteiger partial charge in [-0.2, -0.15) is 0 Å². The molecule has 0 aromatic heterocycles. The summed E-state index contributed by atoms with van der Waals surface area (Å²) in [6, 6.07) is 0.475. The van der Waals surface area contributed by atoms with Crippen LogP contribution in [0.5, 0.6) is 0 Å². The first-order valence-corrected chi connectivity index (χ1v) is 3.64. The molecule has 1 aliphatic carbocycles. The summed E-state index contributed by atoms with van der Waals surface area (Å²) in [4.78, 5) is 10.9. The molecule has 0 aromatic rings. The van der Waals surface area contributed by atoms with Gasteiger partial charge in [-0.3, -0.25) is 4.79 Å². The van der Waals surface area contributed by atoms with E-state index >= 15 is 0 Å². The van der Waals surface area contributed by atoms with Crippen LogP contribution in [-0.4, -0.2) is 11.9 Å². The second kappa shape index (κ2) is 2.86. The SMILES string of the molecule is CC(C)=CC(=O)NC1CC1. The number of hydrogen-bond donors (Lipinski definition) is 1. The molecule has 1 saturated carbocycles. The lowest BCUT2D eigenvalue weighted by Gasteiger charge is -1.96. The minimum Gasteiger partial charge on any atom is -0.350 e. The third-order valence-corrected chi connectivity index (χ3v) is 1.34. The lowest BCUT2D eigenvalue weighted by atomic mass is 10.3. The number of hydrogen-bond acceptors (Lipinski definition) is 1. The number of rotatable bonds is 2. The van der Waals surface area contributed by atoms with Crippen LogP contribution < -0.4 is 5.32 Å². The summed E-state index contributed by atoms with van der Waals surface area (Å²) in [7, 11) is 0. The molecule has 1 amide bonds. The molecular weight excluding hydrogens is 126 g/mol. The molecule has 0 spiro atoms. The van der Waals surface area contributed by atoms with Gasteiger partial charge in [0, 0.05) is 12.1 Å². The Morgan fingerprint density at radius 3 is 2.50 bits per heavy atom. The van der Waals surface area contributed by atoms with E-state index in [1.807, 2.05) is 13.8 Å². The first-order valence-electron chi connectivity index (χ1n) is 3.64. The maximum Gasteiger partial charge on any atom is 0.244 e. The lowest BCUT2D eigenvalue weighted by Crippen LogP contribution is -2.23. The number of amides is 1. The van der Waals surface area contributed by atoms with E-state index in [0.29, 0.717) is 6.04 Å². The van der Waals surface area contributed by atoms with Crippen molar-refractivity contribution in [2.24, 2.45) is 0 Å². The Morgan fingerprint density at radius 1 is 1.50 bits per heavy atom. The van der Waals surface area contributed by atoms with Crippen LogP contribution in [0.15, 0.2) is 11.6 Å². The van der Waals surface area contributed by atoms with Crippen molar-refractivity contribution in [2.75, 3.05) is 0 Å². The maximum absolute atomic E-state index is 10.9. The van der Waals surface area contributed by atoms with E-state index in [1.165, 1.54) is 0 Å². The van der Waals surface area contributed by atoms with E-state index in [9.17, 15) is 4.79 Å². The predicted molar refractivity (Wildman–Crippen MR) is 40.6 cm³/mol. The molecule has 2 heteroatoms. The van der Waals surface area contributed by atoms with E-state index in [1.54, 1.807) is 6.08 Å². The van der Waals surface area contributed by atoms with Crippen LogP contribution in [0.4, 0.5) is 0 Å². The Bertz CT molecular complexity index is 164. The molecule has 2 nitrogen and oxygen atoms in total. The summed E-state index contributed by atoms with van der Waals surface area (Å²) in [6.45, 7) is 3.85. The number of allylic oxidation sites excluding steroid dienone is 1. The topological polar surface area (TPSA) is 29.1 Å². The maximum atomic E-state index is 10.9. The van der Waals surface area contributed by atoms with Crippen molar-refractivity contribution in [2.45, 2.75) is 32.7 Å². The van der Waals surface area contributed by atoms with E-state index in [2.05, 4.69) is 5.32 Å². The van der Waals surface area contributed by atoms with Crippen molar-refractivity contribution < 1.29 is 4.79 Å². The second-order valence-corrected chi connectivity index (χ2v) is 3.00. The molecule has 0 aromatic carbocycles. The fourth-order valence-corrected chi connectivity index (χ4v) is 0.733. The first kappa shape index (κ1) is 7.32. The van der Waals surface area contributed by atoms with Crippen LogP contribution >= 0.6 is 0 Å². The van der Waals surface area contributed by atoms with Crippen LogP contribution in [-0.2, 0) is 4.79 Å². The highest BCUT2D eigenvalue weighted by Crippen LogP contribution is 2.18. The van der Waals surface area contributed by atoms with Gasteiger partial charge in [-0.1, -0.05) is 5.57 Å². The van der Waals surface area contributed by atoms with Crippen molar-refractivity contribution in [3.8, 4) is 0 Å². The van der Waals surface area contributed by atoms with Crippen molar-refractivity contribution in [1.29, 1.82) is 0 Å². The zero-order chi connectivity index (χ0) is 7.56. The van der Waals surface area contributed by atoms with E-state index in [-0.39, 0.29) is 5.91 Å². The predicted octanol–water partition coefficient (Wildman–Crippen LogP) is 1.23. The normalized spacial score (nSPS) is 16.2. The standard InChI is InChI=1S/C8H13NO/c1-6(2)5-8(10)9-7-3-4-7/h5,7H,3-4H2,1-2H3,(H,9,10). The molecular formula is C8H13NO. The van der Waals surface area contributed by atoms with Gasteiger partial charge in [-0.25, -0.2) is 0 Å². The van der Waals surface area contributed by atoms with Crippen LogP contribution in [0.1, 0.15) is 26.7 Å². The molecule has 0 heterocycles. The Labute approximate surface area is 61.3 Å². The zero-order valence-corrected chi connectivity index (χ0v) is 6.48. The van der Waals surface area contributed by atoms with Crippen LogP contribution in [0.25, 0.3) is 0 Å². The van der Waals surface area contributed by atoms with Crippen LogP contribution in [0, 0.1) is 0 Å². The van der Waals surface area contributed by atoms with E-state index < -0.39 is 0 Å². The summed E-state index contributed by atoms with van der Waals surface area (Å²) >= 11 is 0. The lowest BCUT2D eigenvalue weighted by molar-refractivity contribution is -0.116. The fraction of sp³-hybridized carbons (Fsp3) is 0.625. The third kappa shape index (κ3) is 2.67. The molecule has 0 radical (unpaired) electrons. The van der Waals surface area contributed by atoms with Gasteiger partial charge in [-0.05, 0) is 26.7 Å². The molecule has 10 heavy (non-hydrogen) atoms. The molecule has 56 valence electrons. The van der Waals surface area contributed by atoms with Crippen molar-refractivity contribution in [3.05, 3.63) is 11.6 Å². The van der Waals surface area contributed by atoms with Crippen molar-refractivity contribution >= 4 is 5.91 Å². The summed E-state index contributed by atoms with van der Waals surface area (Å²) in [6.07, 6.45) is 3.95. The average molecular weight is 139 g/mol.